The van der Waals surface area contributed by atoms with E-state index in [0.717, 1.165) is 21.9 Å². The molecule has 0 bridgehead atoms. The van der Waals surface area contributed by atoms with Crippen molar-refractivity contribution >= 4 is 32.3 Å². The first-order valence-corrected chi connectivity index (χ1v) is 13.4. The van der Waals surface area contributed by atoms with Crippen LogP contribution in [-0.4, -0.2) is 0 Å². The smallest absolute Gasteiger partial charge is 0.0622 e. The van der Waals surface area contributed by atoms with E-state index >= 15 is 0 Å². The molecule has 196 valence electrons. The topological polar surface area (TPSA) is 0 Å². The van der Waals surface area contributed by atoms with Crippen LogP contribution >= 0.6 is 0 Å². The lowest BCUT2D eigenvalue weighted by Gasteiger charge is -2.18. The molecule has 0 fully saturated rings. The summed E-state index contributed by atoms with van der Waals surface area (Å²) < 4.78 is 120. The van der Waals surface area contributed by atoms with E-state index < -0.39 is 66.5 Å². The van der Waals surface area contributed by atoms with E-state index in [1.165, 1.54) is 0 Å². The molecule has 42 heavy (non-hydrogen) atoms. The van der Waals surface area contributed by atoms with Crippen LogP contribution < -0.4 is 0 Å². The lowest BCUT2D eigenvalue weighted by atomic mass is 9.85. The molecule has 0 nitrogen and oxygen atoms in total. The second-order valence-corrected chi connectivity index (χ2v) is 9.87. The quantitative estimate of drug-likeness (QED) is 0.193. The van der Waals surface area contributed by atoms with Crippen LogP contribution in [-0.2, 0) is 0 Å². The summed E-state index contributed by atoms with van der Waals surface area (Å²) in [6.45, 7) is 0. The van der Waals surface area contributed by atoms with E-state index in [-0.39, 0.29) is 45.6 Å². The van der Waals surface area contributed by atoms with Gasteiger partial charge in [-0.05, 0) is 89.0 Å². The average molecular weight is 547 g/mol. The van der Waals surface area contributed by atoms with E-state index in [1.54, 1.807) is 36.4 Å². The van der Waals surface area contributed by atoms with Crippen molar-refractivity contribution in [2.24, 2.45) is 0 Å². The highest BCUT2D eigenvalue weighted by atomic mass is 14.2. The van der Waals surface area contributed by atoms with Gasteiger partial charge in [-0.25, -0.2) is 0 Å². The number of benzene rings is 8. The highest BCUT2D eigenvalue weighted by molar-refractivity contribution is 6.21. The average Bonchev–Trinajstić information content (AvgIpc) is 3.21. The molecule has 0 spiro atoms. The molecule has 0 saturated heterocycles. The van der Waals surface area contributed by atoms with Crippen LogP contribution in [0, 0.1) is 0 Å². The molecule has 0 amide bonds. The molecule has 0 aliphatic heterocycles. The fourth-order valence-electron chi connectivity index (χ4n) is 5.72. The molecule has 0 aliphatic rings. The van der Waals surface area contributed by atoms with Gasteiger partial charge in [0.2, 0.25) is 0 Å². The Balaban J connectivity index is 1.42. The van der Waals surface area contributed by atoms with Crippen molar-refractivity contribution in [3.05, 3.63) is 170 Å². The fourth-order valence-corrected chi connectivity index (χ4v) is 5.72. The lowest BCUT2D eigenvalue weighted by Crippen LogP contribution is -1.91. The molecule has 0 heterocycles. The zero-order valence-corrected chi connectivity index (χ0v) is 22.1. The normalized spacial score (nSPS) is 16.0. The van der Waals surface area contributed by atoms with Crippen LogP contribution in [0.1, 0.15) is 19.2 Å². The van der Waals surface area contributed by atoms with Gasteiger partial charge in [0, 0.05) is 0 Å². The second-order valence-electron chi connectivity index (χ2n) is 9.87. The summed E-state index contributed by atoms with van der Waals surface area (Å²) >= 11 is 0. The first-order valence-electron chi connectivity index (χ1n) is 20.4. The van der Waals surface area contributed by atoms with Gasteiger partial charge in [-0.3, -0.25) is 0 Å². The Labute approximate surface area is 265 Å². The molecule has 0 radical (unpaired) electrons. The van der Waals surface area contributed by atoms with Crippen LogP contribution in [0.25, 0.3) is 76.8 Å². The Morgan fingerprint density at radius 1 is 0.333 bits per heavy atom. The largest absolute Gasteiger partial charge is 0.0629 e. The molecule has 8 aromatic rings. The Morgan fingerprint density at radius 3 is 1.48 bits per heavy atom. The standard InChI is InChI=1S/C42H28/c1-3-13-29(14-4-1)34-27-33-17-7-8-18-35(33)40(28-34)30-23-25-32(26-24-30)42-38-21-11-9-19-36(38)41(31-15-5-2-6-16-31)37-20-10-12-22-39(37)42/h1-28H/i1D,2D,3D,4D,5D,6D,9D,11D,13D,14D,15D,16D,19D,21D. The van der Waals surface area contributed by atoms with Crippen molar-refractivity contribution in [3.8, 4) is 44.5 Å². The maximum atomic E-state index is 9.17. The van der Waals surface area contributed by atoms with E-state index in [9.17, 15) is 0 Å². The third-order valence-electron chi connectivity index (χ3n) is 7.54. The molecule has 8 aromatic carbocycles. The maximum absolute atomic E-state index is 9.17. The minimum Gasteiger partial charge on any atom is -0.0622 e. The Morgan fingerprint density at radius 2 is 0.833 bits per heavy atom. The number of fused-ring (bicyclic) bond motifs is 3. The molecule has 8 rings (SSSR count). The van der Waals surface area contributed by atoms with Crippen LogP contribution in [0.5, 0.6) is 0 Å². The van der Waals surface area contributed by atoms with Gasteiger partial charge in [-0.2, -0.15) is 0 Å². The molecule has 0 saturated carbocycles. The van der Waals surface area contributed by atoms with E-state index in [4.69, 9.17) is 19.2 Å². The number of hydrogen-bond acceptors (Lipinski definition) is 0. The van der Waals surface area contributed by atoms with Crippen molar-refractivity contribution in [3.63, 3.8) is 0 Å². The molecule has 0 N–H and O–H groups in total. The summed E-state index contributed by atoms with van der Waals surface area (Å²) in [7, 11) is 0. The lowest BCUT2D eigenvalue weighted by molar-refractivity contribution is 1.61. The van der Waals surface area contributed by atoms with Gasteiger partial charge in [0.15, 0.2) is 0 Å². The predicted molar refractivity (Wildman–Crippen MR) is 181 cm³/mol. The van der Waals surface area contributed by atoms with Crippen LogP contribution in [0.15, 0.2) is 170 Å². The summed E-state index contributed by atoms with van der Waals surface area (Å²) in [5, 5.41) is 2.74. The highest BCUT2D eigenvalue weighted by Crippen LogP contribution is 2.44. The fraction of sp³-hybridized carbons (Fsp3) is 0. The first kappa shape index (κ1) is 13.9. The third-order valence-corrected chi connectivity index (χ3v) is 7.54. The third kappa shape index (κ3) is 4.08. The molecule has 0 aromatic heterocycles. The summed E-state index contributed by atoms with van der Waals surface area (Å²) in [4.78, 5) is 0. The molecule has 0 atom stereocenters. The van der Waals surface area contributed by atoms with E-state index in [2.05, 4.69) is 0 Å². The first-order chi connectivity index (χ1) is 26.6. The number of rotatable bonds is 4. The zero-order valence-electron chi connectivity index (χ0n) is 36.1. The summed E-state index contributed by atoms with van der Waals surface area (Å²) in [5.41, 5.74) is 2.95. The van der Waals surface area contributed by atoms with Gasteiger partial charge in [0.25, 0.3) is 0 Å². The molecular formula is C42H28. The van der Waals surface area contributed by atoms with Gasteiger partial charge in [0.1, 0.15) is 0 Å². The zero-order chi connectivity index (χ0) is 40.1. The Bertz CT molecular complexity index is 2950. The minimum absolute atomic E-state index is 0.0182. The van der Waals surface area contributed by atoms with Crippen molar-refractivity contribution in [2.75, 3.05) is 0 Å². The van der Waals surface area contributed by atoms with Crippen LogP contribution in [0.4, 0.5) is 0 Å². The number of hydrogen-bond donors (Lipinski definition) is 0. The van der Waals surface area contributed by atoms with Crippen molar-refractivity contribution in [1.29, 1.82) is 0 Å². The Kier molecular flexibility index (Phi) is 3.38. The van der Waals surface area contributed by atoms with Gasteiger partial charge in [-0.15, -0.1) is 0 Å². The van der Waals surface area contributed by atoms with Gasteiger partial charge >= 0.3 is 0 Å². The van der Waals surface area contributed by atoms with Gasteiger partial charge < -0.3 is 0 Å². The molecular weight excluding hydrogens is 504 g/mol. The summed E-state index contributed by atoms with van der Waals surface area (Å²) in [5.74, 6) is 0. The van der Waals surface area contributed by atoms with E-state index in [0.29, 0.717) is 27.5 Å². The summed E-state index contributed by atoms with van der Waals surface area (Å²) in [6, 6.07) is 19.0. The molecule has 0 heteroatoms. The van der Waals surface area contributed by atoms with Crippen LogP contribution in [0.2, 0.25) is 0 Å². The second kappa shape index (κ2) is 10.2. The predicted octanol–water partition coefficient (Wildman–Crippen LogP) is 11.8. The summed E-state index contributed by atoms with van der Waals surface area (Å²) in [6.07, 6.45) is 0. The van der Waals surface area contributed by atoms with Gasteiger partial charge in [0.05, 0.1) is 19.2 Å². The monoisotopic (exact) mass is 546 g/mol. The molecule has 0 unspecified atom stereocenters. The van der Waals surface area contributed by atoms with Gasteiger partial charge in [-0.1, -0.05) is 157 Å². The van der Waals surface area contributed by atoms with Crippen molar-refractivity contribution in [2.45, 2.75) is 0 Å². The van der Waals surface area contributed by atoms with E-state index in [1.807, 2.05) is 48.5 Å². The SMILES string of the molecule is [2H]c1c([2H])c([2H])c(-c2cc(-c3ccc(-c4c5ccccc5c(-c5c([2H])c([2H])c([2H])c([2H])c5[2H])c5c([2H])c([2H])c([2H])c([2H])c45)cc3)c3ccccc3c2)c([2H])c1[2H]. The Hall–Kier alpha value is -5.46. The highest BCUT2D eigenvalue weighted by Gasteiger charge is 2.16. The molecule has 0 aliphatic carbocycles. The minimum atomic E-state index is -0.581. The maximum Gasteiger partial charge on any atom is 0.0629 e. The van der Waals surface area contributed by atoms with Crippen molar-refractivity contribution < 1.29 is 19.2 Å². The van der Waals surface area contributed by atoms with Crippen LogP contribution in [0.3, 0.4) is 0 Å². The van der Waals surface area contributed by atoms with Crippen molar-refractivity contribution in [1.82, 2.24) is 0 Å².